The lowest BCUT2D eigenvalue weighted by Gasteiger charge is -2.32. The average Bonchev–Trinajstić information content (AvgIpc) is 3.70. The summed E-state index contributed by atoms with van der Waals surface area (Å²) < 4.78 is 83.6. The van der Waals surface area contributed by atoms with Crippen molar-refractivity contribution in [3.05, 3.63) is 42.3 Å². The van der Waals surface area contributed by atoms with Crippen molar-refractivity contribution < 1.29 is 41.0 Å². The molecule has 0 bridgehead atoms. The van der Waals surface area contributed by atoms with E-state index in [0.29, 0.717) is 28.0 Å². The summed E-state index contributed by atoms with van der Waals surface area (Å²) >= 11 is 0. The number of nitrogens with one attached hydrogen (secondary N) is 2. The molecule has 0 saturated heterocycles. The smallest absolute Gasteiger partial charge is 0.394 e. The molecule has 0 aromatic carbocycles. The third-order valence-electron chi connectivity index (χ3n) is 7.64. The third-order valence-corrected chi connectivity index (χ3v) is 7.64. The zero-order chi connectivity index (χ0) is 32.2. The van der Waals surface area contributed by atoms with Crippen LogP contribution in [0.15, 0.2) is 24.8 Å². The second-order valence-corrected chi connectivity index (χ2v) is 11.0. The van der Waals surface area contributed by atoms with E-state index in [0.717, 1.165) is 25.4 Å². The molecule has 0 unspecified atom stereocenters. The van der Waals surface area contributed by atoms with Crippen LogP contribution in [0.5, 0.6) is 0 Å². The molecule has 3 N–H and O–H groups in total. The number of anilines is 1. The van der Waals surface area contributed by atoms with Crippen LogP contribution in [0.1, 0.15) is 74.3 Å². The van der Waals surface area contributed by atoms with E-state index >= 15 is 4.39 Å². The number of nitrogens with zero attached hydrogens (tertiary/aromatic N) is 7. The summed E-state index contributed by atoms with van der Waals surface area (Å²) in [6.45, 7) is 1.84. The van der Waals surface area contributed by atoms with Crippen LogP contribution in [0, 0.1) is 17.8 Å². The number of alkyl halides is 5. The summed E-state index contributed by atoms with van der Waals surface area (Å²) in [5.41, 5.74) is -0.441. The summed E-state index contributed by atoms with van der Waals surface area (Å²) in [5.74, 6) is -3.19. The first-order valence-electron chi connectivity index (χ1n) is 14.0. The van der Waals surface area contributed by atoms with E-state index < -0.39 is 73.0 Å². The highest BCUT2D eigenvalue weighted by molar-refractivity contribution is 6.00. The second kappa shape index (κ2) is 13.8. The van der Waals surface area contributed by atoms with Crippen LogP contribution >= 0.6 is 0 Å². The molecule has 3 aromatic heterocycles. The van der Waals surface area contributed by atoms with Crippen LogP contribution in [0.4, 0.5) is 32.0 Å². The predicted octanol–water partition coefficient (Wildman–Crippen LogP) is 3.73. The monoisotopic (exact) mass is 633 g/mol. The second-order valence-electron chi connectivity index (χ2n) is 11.0. The van der Waals surface area contributed by atoms with Crippen LogP contribution in [0.25, 0.3) is 0 Å². The Bertz CT molecular complexity index is 1410. The molecule has 1 aliphatic rings. The highest BCUT2D eigenvalue weighted by Gasteiger charge is 2.36. The molecule has 1 aliphatic carbocycles. The molecule has 12 nitrogen and oxygen atoms in total. The van der Waals surface area contributed by atoms with Crippen molar-refractivity contribution in [1.82, 2.24) is 39.6 Å². The molecule has 44 heavy (non-hydrogen) atoms. The van der Waals surface area contributed by atoms with Crippen LogP contribution in [-0.2, 0) is 11.3 Å². The van der Waals surface area contributed by atoms with Gasteiger partial charge in [-0.15, -0.1) is 15.3 Å². The fraction of sp³-hybridized carbons (Fsp3) is 0.615. The number of halogens is 6. The minimum Gasteiger partial charge on any atom is -0.394 e. The molecule has 1 fully saturated rings. The number of carbonyl (C=O) groups is 2. The Morgan fingerprint density at radius 2 is 1.89 bits per heavy atom. The predicted molar refractivity (Wildman–Crippen MR) is 142 cm³/mol. The number of carbonyl (C=O) groups excluding carboxylic acids is 2. The topological polar surface area (TPSA) is 145 Å². The summed E-state index contributed by atoms with van der Waals surface area (Å²) in [6.07, 6.45) is -3.12. The third kappa shape index (κ3) is 7.95. The van der Waals surface area contributed by atoms with Crippen LogP contribution in [-0.4, -0.2) is 76.5 Å². The average molecular weight is 634 g/mol. The SMILES string of the molecule is CC1CCC([C@H](NC(=O)c2ccnn2[C@@H](C)CO)C(=O)Nc2cn([C@@H](CC(F)F)c3nncn3CC(F)(F)F)nc2F)CC1. The first-order chi connectivity index (χ1) is 20.8. The molecule has 3 atom stereocenters. The number of aromatic nitrogens is 7. The largest absolute Gasteiger partial charge is 0.406 e. The molecule has 3 aromatic rings. The van der Waals surface area contributed by atoms with Crippen molar-refractivity contribution in [3.63, 3.8) is 0 Å². The van der Waals surface area contributed by atoms with Crippen molar-refractivity contribution >= 4 is 17.5 Å². The van der Waals surface area contributed by atoms with Gasteiger partial charge in [0.1, 0.15) is 36.3 Å². The molecule has 4 rings (SSSR count). The molecule has 1 saturated carbocycles. The lowest BCUT2D eigenvalue weighted by molar-refractivity contribution is -0.141. The normalized spacial score (nSPS) is 19.5. The minimum absolute atomic E-state index is 0.0883. The Kier molecular flexibility index (Phi) is 10.3. The Balaban J connectivity index is 1.60. The van der Waals surface area contributed by atoms with Gasteiger partial charge in [-0.25, -0.2) is 8.78 Å². The quantitative estimate of drug-likeness (QED) is 0.258. The van der Waals surface area contributed by atoms with E-state index in [1.807, 2.05) is 0 Å². The number of aliphatic hydroxyl groups is 1. The van der Waals surface area contributed by atoms with Gasteiger partial charge < -0.3 is 20.3 Å². The Morgan fingerprint density at radius 3 is 2.52 bits per heavy atom. The van der Waals surface area contributed by atoms with Crippen molar-refractivity contribution in [2.45, 2.75) is 83.2 Å². The van der Waals surface area contributed by atoms with Gasteiger partial charge in [-0.2, -0.15) is 22.7 Å². The van der Waals surface area contributed by atoms with Crippen molar-refractivity contribution in [2.24, 2.45) is 11.8 Å². The standard InChI is InChI=1S/C26H33F6N9O3/c1-14-3-5-16(6-4-14)21(36-24(43)18-7-8-34-41(18)15(2)11-42)25(44)35-17-10-40(38-22(17)29)19(9-20(27)28)23-37-33-13-39(23)12-26(30,31)32/h7-8,10,13-16,19-21,42H,3-6,9,11-12H2,1-2H3,(H,35,44)(H,36,43)/t14?,15-,16?,19-,21-/m0/s1. The summed E-state index contributed by atoms with van der Waals surface area (Å²) in [4.78, 5) is 26.8. The van der Waals surface area contributed by atoms with Gasteiger partial charge in [0.15, 0.2) is 5.82 Å². The van der Waals surface area contributed by atoms with Crippen molar-refractivity contribution in [2.75, 3.05) is 11.9 Å². The molecule has 242 valence electrons. The molecule has 3 heterocycles. The maximum absolute atomic E-state index is 15.0. The molecule has 2 amide bonds. The summed E-state index contributed by atoms with van der Waals surface area (Å²) in [5, 5.41) is 29.1. The van der Waals surface area contributed by atoms with Crippen LogP contribution < -0.4 is 10.6 Å². The first kappa shape index (κ1) is 32.9. The van der Waals surface area contributed by atoms with Gasteiger partial charge in [0, 0.05) is 12.6 Å². The molecular weight excluding hydrogens is 600 g/mol. The van der Waals surface area contributed by atoms with E-state index in [-0.39, 0.29) is 18.2 Å². The molecule has 18 heteroatoms. The van der Waals surface area contributed by atoms with E-state index in [4.69, 9.17) is 0 Å². The number of hydrogen-bond acceptors (Lipinski definition) is 7. The van der Waals surface area contributed by atoms with Crippen LogP contribution in [0.2, 0.25) is 0 Å². The Morgan fingerprint density at radius 1 is 1.18 bits per heavy atom. The molecular formula is C26H33F6N9O3. The van der Waals surface area contributed by atoms with Crippen molar-refractivity contribution in [3.8, 4) is 0 Å². The Hall–Kier alpha value is -3.96. The lowest BCUT2D eigenvalue weighted by atomic mass is 9.79. The van der Waals surface area contributed by atoms with Gasteiger partial charge in [0.25, 0.3) is 11.9 Å². The highest BCUT2D eigenvalue weighted by Crippen LogP contribution is 2.32. The lowest BCUT2D eigenvalue weighted by Crippen LogP contribution is -2.49. The van der Waals surface area contributed by atoms with Gasteiger partial charge in [-0.1, -0.05) is 19.8 Å². The van der Waals surface area contributed by atoms with E-state index in [1.165, 1.54) is 16.9 Å². The zero-order valence-corrected chi connectivity index (χ0v) is 23.9. The number of rotatable bonds is 12. The van der Waals surface area contributed by atoms with E-state index in [9.17, 15) is 36.6 Å². The van der Waals surface area contributed by atoms with E-state index in [2.05, 4.69) is 38.0 Å². The maximum atomic E-state index is 15.0. The molecule has 0 aliphatic heterocycles. The molecule has 0 radical (unpaired) electrons. The van der Waals surface area contributed by atoms with Crippen LogP contribution in [0.3, 0.4) is 0 Å². The maximum Gasteiger partial charge on any atom is 0.406 e. The highest BCUT2D eigenvalue weighted by atomic mass is 19.4. The fourth-order valence-corrected chi connectivity index (χ4v) is 5.32. The van der Waals surface area contributed by atoms with Gasteiger partial charge in [0.05, 0.1) is 18.8 Å². The van der Waals surface area contributed by atoms with Gasteiger partial charge >= 0.3 is 6.18 Å². The minimum atomic E-state index is -4.72. The number of amides is 2. The van der Waals surface area contributed by atoms with Gasteiger partial charge in [-0.05, 0) is 37.7 Å². The summed E-state index contributed by atoms with van der Waals surface area (Å²) in [6, 6.07) is -1.90. The fourth-order valence-electron chi connectivity index (χ4n) is 5.32. The Labute approximate surface area is 247 Å². The van der Waals surface area contributed by atoms with E-state index in [1.54, 1.807) is 6.92 Å². The number of hydrogen-bond donors (Lipinski definition) is 3. The summed E-state index contributed by atoms with van der Waals surface area (Å²) in [7, 11) is 0. The molecule has 0 spiro atoms. The van der Waals surface area contributed by atoms with Crippen molar-refractivity contribution in [1.29, 1.82) is 0 Å². The van der Waals surface area contributed by atoms with Gasteiger partial charge in [0.2, 0.25) is 12.3 Å². The first-order valence-corrected chi connectivity index (χ1v) is 14.0. The number of aliphatic hydroxyl groups excluding tert-OH is 1. The zero-order valence-electron chi connectivity index (χ0n) is 23.9. The van der Waals surface area contributed by atoms with Gasteiger partial charge in [-0.3, -0.25) is 19.0 Å².